The number of carbonyl (C=O) groups is 2. The highest BCUT2D eigenvalue weighted by molar-refractivity contribution is 5.82. The van der Waals surface area contributed by atoms with E-state index in [4.69, 9.17) is 0 Å². The fourth-order valence-electron chi connectivity index (χ4n) is 3.92. The maximum absolute atomic E-state index is 12.5. The van der Waals surface area contributed by atoms with E-state index in [1.165, 1.54) is 16.7 Å². The monoisotopic (exact) mass is 406 g/mol. The molecule has 160 valence electrons. The van der Waals surface area contributed by atoms with Crippen LogP contribution in [0.25, 0.3) is 0 Å². The Balaban J connectivity index is 1.47. The fraction of sp³-hybridized carbons (Fsp3) is 0.462. The van der Waals surface area contributed by atoms with Gasteiger partial charge in [-0.2, -0.15) is 0 Å². The lowest BCUT2D eigenvalue weighted by atomic mass is 9.86. The minimum Gasteiger partial charge on any atom is -0.356 e. The van der Waals surface area contributed by atoms with Crippen LogP contribution in [-0.4, -0.2) is 29.3 Å². The number of aryl methyl sites for hydroxylation is 1. The van der Waals surface area contributed by atoms with Crippen LogP contribution in [0.4, 0.5) is 0 Å². The topological polar surface area (TPSA) is 49.4 Å². The van der Waals surface area contributed by atoms with Crippen LogP contribution in [0.1, 0.15) is 62.3 Å². The SMILES string of the molecule is Cc1ccc(CN2C(=O)CCC2CC(=O)NCCc2ccc(C(C)(C)C)cc2)cc1. The maximum atomic E-state index is 12.5. The van der Waals surface area contributed by atoms with Crippen molar-refractivity contribution in [1.82, 2.24) is 10.2 Å². The van der Waals surface area contributed by atoms with Crippen LogP contribution < -0.4 is 5.32 Å². The van der Waals surface area contributed by atoms with Gasteiger partial charge in [-0.1, -0.05) is 74.9 Å². The van der Waals surface area contributed by atoms with E-state index in [1.54, 1.807) is 0 Å². The van der Waals surface area contributed by atoms with Gasteiger partial charge in [0.05, 0.1) is 0 Å². The molecule has 1 aliphatic heterocycles. The van der Waals surface area contributed by atoms with E-state index in [9.17, 15) is 9.59 Å². The van der Waals surface area contributed by atoms with Crippen molar-refractivity contribution in [3.8, 4) is 0 Å². The molecule has 30 heavy (non-hydrogen) atoms. The molecule has 1 atom stereocenters. The normalized spacial score (nSPS) is 16.7. The highest BCUT2D eigenvalue weighted by atomic mass is 16.2. The fourth-order valence-corrected chi connectivity index (χ4v) is 3.92. The average molecular weight is 407 g/mol. The zero-order valence-corrected chi connectivity index (χ0v) is 18.7. The highest BCUT2D eigenvalue weighted by Crippen LogP contribution is 2.24. The van der Waals surface area contributed by atoms with Crippen LogP contribution >= 0.6 is 0 Å². The van der Waals surface area contributed by atoms with E-state index in [0.29, 0.717) is 25.9 Å². The van der Waals surface area contributed by atoms with Crippen molar-refractivity contribution in [2.24, 2.45) is 0 Å². The molecule has 0 spiro atoms. The molecule has 1 saturated heterocycles. The first kappa shape index (κ1) is 22.1. The number of amides is 2. The number of rotatable bonds is 7. The molecule has 4 nitrogen and oxygen atoms in total. The van der Waals surface area contributed by atoms with Crippen LogP contribution in [-0.2, 0) is 28.0 Å². The summed E-state index contributed by atoms with van der Waals surface area (Å²) in [7, 11) is 0. The second-order valence-electron chi connectivity index (χ2n) is 9.45. The molecule has 1 N–H and O–H groups in total. The smallest absolute Gasteiger partial charge is 0.223 e. The van der Waals surface area contributed by atoms with Crippen LogP contribution in [0.3, 0.4) is 0 Å². The number of benzene rings is 2. The van der Waals surface area contributed by atoms with E-state index in [-0.39, 0.29) is 23.3 Å². The van der Waals surface area contributed by atoms with Crippen LogP contribution in [0.5, 0.6) is 0 Å². The number of likely N-dealkylation sites (tertiary alicyclic amines) is 1. The Morgan fingerprint density at radius 1 is 1.03 bits per heavy atom. The molecule has 1 fully saturated rings. The summed E-state index contributed by atoms with van der Waals surface area (Å²) in [6.07, 6.45) is 2.48. The predicted octanol–water partition coefficient (Wildman–Crippen LogP) is 4.53. The lowest BCUT2D eigenvalue weighted by molar-refractivity contribution is -0.130. The minimum atomic E-state index is -0.00938. The third-order valence-corrected chi connectivity index (χ3v) is 5.90. The molecule has 1 unspecified atom stereocenters. The second kappa shape index (κ2) is 9.46. The Kier molecular flexibility index (Phi) is 6.96. The average Bonchev–Trinajstić information content (AvgIpc) is 3.03. The van der Waals surface area contributed by atoms with E-state index in [1.807, 2.05) is 4.90 Å². The summed E-state index contributed by atoms with van der Waals surface area (Å²) in [6.45, 7) is 9.87. The molecular weight excluding hydrogens is 372 g/mol. The number of hydrogen-bond donors (Lipinski definition) is 1. The van der Waals surface area contributed by atoms with Gasteiger partial charge in [0, 0.05) is 32.0 Å². The van der Waals surface area contributed by atoms with Crippen molar-refractivity contribution in [2.75, 3.05) is 6.54 Å². The van der Waals surface area contributed by atoms with E-state index >= 15 is 0 Å². The first-order valence-electron chi connectivity index (χ1n) is 10.9. The van der Waals surface area contributed by atoms with Gasteiger partial charge >= 0.3 is 0 Å². The van der Waals surface area contributed by atoms with Crippen molar-refractivity contribution >= 4 is 11.8 Å². The van der Waals surface area contributed by atoms with E-state index in [0.717, 1.165) is 18.4 Å². The molecule has 4 heteroatoms. The molecule has 0 saturated carbocycles. The molecule has 1 aliphatic rings. The second-order valence-corrected chi connectivity index (χ2v) is 9.45. The zero-order valence-electron chi connectivity index (χ0n) is 18.7. The summed E-state index contributed by atoms with van der Waals surface area (Å²) in [5.74, 6) is 0.169. The first-order valence-corrected chi connectivity index (χ1v) is 10.9. The van der Waals surface area contributed by atoms with Gasteiger partial charge in [-0.15, -0.1) is 0 Å². The van der Waals surface area contributed by atoms with Crippen molar-refractivity contribution in [3.63, 3.8) is 0 Å². The van der Waals surface area contributed by atoms with Crippen molar-refractivity contribution in [2.45, 2.75) is 71.4 Å². The Morgan fingerprint density at radius 2 is 1.67 bits per heavy atom. The van der Waals surface area contributed by atoms with E-state index < -0.39 is 0 Å². The number of nitrogens with one attached hydrogen (secondary N) is 1. The van der Waals surface area contributed by atoms with Gasteiger partial charge < -0.3 is 10.2 Å². The highest BCUT2D eigenvalue weighted by Gasteiger charge is 2.32. The maximum Gasteiger partial charge on any atom is 0.223 e. The van der Waals surface area contributed by atoms with Crippen molar-refractivity contribution < 1.29 is 9.59 Å². The molecular formula is C26H34N2O2. The summed E-state index contributed by atoms with van der Waals surface area (Å²) in [6, 6.07) is 16.9. The van der Waals surface area contributed by atoms with Crippen LogP contribution in [0, 0.1) is 6.92 Å². The van der Waals surface area contributed by atoms with Crippen LogP contribution in [0.2, 0.25) is 0 Å². The molecule has 0 bridgehead atoms. The third kappa shape index (κ3) is 5.94. The molecule has 2 amide bonds. The van der Waals surface area contributed by atoms with Gasteiger partial charge in [-0.3, -0.25) is 9.59 Å². The molecule has 2 aromatic rings. The number of carbonyl (C=O) groups excluding carboxylic acids is 2. The predicted molar refractivity (Wildman–Crippen MR) is 121 cm³/mol. The molecule has 1 heterocycles. The summed E-state index contributed by atoms with van der Waals surface area (Å²) in [5.41, 5.74) is 5.00. The van der Waals surface area contributed by atoms with Crippen molar-refractivity contribution in [1.29, 1.82) is 0 Å². The summed E-state index contributed by atoms with van der Waals surface area (Å²) < 4.78 is 0. The molecule has 2 aromatic carbocycles. The van der Waals surface area contributed by atoms with Gasteiger partial charge in [-0.25, -0.2) is 0 Å². The Bertz CT molecular complexity index is 863. The van der Waals surface area contributed by atoms with Gasteiger partial charge in [0.15, 0.2) is 0 Å². The first-order chi connectivity index (χ1) is 14.2. The molecule has 0 aromatic heterocycles. The lowest BCUT2D eigenvalue weighted by Gasteiger charge is -2.24. The molecule has 0 aliphatic carbocycles. The molecule has 3 rings (SSSR count). The third-order valence-electron chi connectivity index (χ3n) is 5.90. The van der Waals surface area contributed by atoms with Gasteiger partial charge in [0.1, 0.15) is 0 Å². The van der Waals surface area contributed by atoms with Crippen molar-refractivity contribution in [3.05, 3.63) is 70.8 Å². The van der Waals surface area contributed by atoms with Gasteiger partial charge in [0.2, 0.25) is 11.8 Å². The standard InChI is InChI=1S/C26H34N2O2/c1-19-5-7-21(8-6-19)18-28-23(13-14-25(28)30)17-24(29)27-16-15-20-9-11-22(12-10-20)26(2,3)4/h5-12,23H,13-18H2,1-4H3,(H,27,29). The largest absolute Gasteiger partial charge is 0.356 e. The number of hydrogen-bond acceptors (Lipinski definition) is 2. The lowest BCUT2D eigenvalue weighted by Crippen LogP contribution is -2.37. The Labute approximate surface area is 180 Å². The summed E-state index contributed by atoms with van der Waals surface area (Å²) >= 11 is 0. The summed E-state index contributed by atoms with van der Waals surface area (Å²) in [5, 5.41) is 3.03. The number of nitrogens with zero attached hydrogens (tertiary/aromatic N) is 1. The van der Waals surface area contributed by atoms with Gasteiger partial charge in [0.25, 0.3) is 0 Å². The Hall–Kier alpha value is -2.62. The minimum absolute atomic E-state index is 0.00938. The quantitative estimate of drug-likeness (QED) is 0.734. The van der Waals surface area contributed by atoms with E-state index in [2.05, 4.69) is 81.5 Å². The Morgan fingerprint density at radius 3 is 2.30 bits per heavy atom. The zero-order chi connectivity index (χ0) is 21.7. The van der Waals surface area contributed by atoms with Gasteiger partial charge in [-0.05, 0) is 41.9 Å². The van der Waals surface area contributed by atoms with Crippen LogP contribution in [0.15, 0.2) is 48.5 Å². The molecule has 0 radical (unpaired) electrons. The summed E-state index contributed by atoms with van der Waals surface area (Å²) in [4.78, 5) is 26.7.